The molecule has 0 aliphatic carbocycles. The standard InChI is InChI=1S/C10H7FNO/c1-7-6-12-10(13-7)8-4-2-3-5-9(8)11/h2-6H,1H2. The van der Waals surface area contributed by atoms with Crippen LogP contribution in [0.3, 0.4) is 0 Å². The van der Waals surface area contributed by atoms with Gasteiger partial charge < -0.3 is 4.42 Å². The minimum atomic E-state index is -0.343. The predicted molar refractivity (Wildman–Crippen MR) is 46.4 cm³/mol. The van der Waals surface area contributed by atoms with Crippen molar-refractivity contribution in [2.45, 2.75) is 0 Å². The van der Waals surface area contributed by atoms with Crippen molar-refractivity contribution in [1.82, 2.24) is 4.98 Å². The van der Waals surface area contributed by atoms with Crippen LogP contribution in [0.15, 0.2) is 34.9 Å². The van der Waals surface area contributed by atoms with Gasteiger partial charge in [-0.1, -0.05) is 12.1 Å². The molecule has 0 fully saturated rings. The Kier molecular flexibility index (Phi) is 1.85. The summed E-state index contributed by atoms with van der Waals surface area (Å²) in [5.74, 6) is 0.353. The molecule has 0 aliphatic heterocycles. The zero-order chi connectivity index (χ0) is 9.26. The molecule has 1 heterocycles. The van der Waals surface area contributed by atoms with E-state index in [0.29, 0.717) is 11.3 Å². The molecular formula is C10H7FNO. The molecule has 0 bridgehead atoms. The van der Waals surface area contributed by atoms with Crippen LogP contribution in [0.2, 0.25) is 0 Å². The Morgan fingerprint density at radius 2 is 2.08 bits per heavy atom. The maximum Gasteiger partial charge on any atom is 0.229 e. The molecule has 0 spiro atoms. The number of oxazole rings is 1. The van der Waals surface area contributed by atoms with Gasteiger partial charge in [0, 0.05) is 6.92 Å². The third-order valence-electron chi connectivity index (χ3n) is 1.66. The molecule has 2 nitrogen and oxygen atoms in total. The fraction of sp³-hybridized carbons (Fsp3) is 0. The summed E-state index contributed by atoms with van der Waals surface area (Å²) in [6.45, 7) is 3.54. The fourth-order valence-electron chi connectivity index (χ4n) is 1.07. The second-order valence-electron chi connectivity index (χ2n) is 2.61. The van der Waals surface area contributed by atoms with E-state index in [0.717, 1.165) is 0 Å². The summed E-state index contributed by atoms with van der Waals surface area (Å²) in [5, 5.41) is 0. The summed E-state index contributed by atoms with van der Waals surface area (Å²) in [5.41, 5.74) is 0.359. The van der Waals surface area contributed by atoms with Crippen molar-refractivity contribution in [2.75, 3.05) is 0 Å². The number of halogens is 1. The molecule has 2 rings (SSSR count). The summed E-state index contributed by atoms with van der Waals surface area (Å²) in [6, 6.07) is 6.32. The highest BCUT2D eigenvalue weighted by atomic mass is 19.1. The molecule has 1 radical (unpaired) electrons. The monoisotopic (exact) mass is 176 g/mol. The molecule has 0 N–H and O–H groups in total. The average Bonchev–Trinajstić information content (AvgIpc) is 2.53. The lowest BCUT2D eigenvalue weighted by atomic mass is 10.2. The van der Waals surface area contributed by atoms with E-state index in [1.54, 1.807) is 18.2 Å². The second-order valence-corrected chi connectivity index (χ2v) is 2.61. The first kappa shape index (κ1) is 7.98. The van der Waals surface area contributed by atoms with Crippen molar-refractivity contribution in [3.05, 3.63) is 49.0 Å². The van der Waals surface area contributed by atoms with E-state index in [4.69, 9.17) is 4.42 Å². The second kappa shape index (κ2) is 3.01. The maximum absolute atomic E-state index is 13.2. The maximum atomic E-state index is 13.2. The smallest absolute Gasteiger partial charge is 0.229 e. The van der Waals surface area contributed by atoms with Gasteiger partial charge >= 0.3 is 0 Å². The van der Waals surface area contributed by atoms with Gasteiger partial charge in [0.15, 0.2) is 0 Å². The van der Waals surface area contributed by atoms with E-state index in [1.807, 2.05) is 0 Å². The van der Waals surface area contributed by atoms with Gasteiger partial charge in [0.1, 0.15) is 11.6 Å². The molecule has 2 aromatic rings. The third-order valence-corrected chi connectivity index (χ3v) is 1.66. The van der Waals surface area contributed by atoms with Crippen LogP contribution in [0.1, 0.15) is 5.76 Å². The van der Waals surface area contributed by atoms with Crippen LogP contribution in [-0.2, 0) is 0 Å². The molecule has 0 aliphatic rings. The van der Waals surface area contributed by atoms with Crippen molar-refractivity contribution >= 4 is 0 Å². The lowest BCUT2D eigenvalue weighted by molar-refractivity contribution is 0.547. The van der Waals surface area contributed by atoms with E-state index in [2.05, 4.69) is 11.9 Å². The van der Waals surface area contributed by atoms with E-state index >= 15 is 0 Å². The van der Waals surface area contributed by atoms with E-state index in [-0.39, 0.29) is 11.7 Å². The minimum Gasteiger partial charge on any atom is -0.441 e. The first-order valence-corrected chi connectivity index (χ1v) is 3.80. The summed E-state index contributed by atoms with van der Waals surface area (Å²) in [6.07, 6.45) is 1.46. The van der Waals surface area contributed by atoms with Gasteiger partial charge in [-0.25, -0.2) is 9.37 Å². The van der Waals surface area contributed by atoms with Crippen LogP contribution < -0.4 is 0 Å². The summed E-state index contributed by atoms with van der Waals surface area (Å²) in [4.78, 5) is 3.88. The van der Waals surface area contributed by atoms with Gasteiger partial charge in [0.2, 0.25) is 5.89 Å². The van der Waals surface area contributed by atoms with Gasteiger partial charge in [-0.2, -0.15) is 0 Å². The van der Waals surface area contributed by atoms with E-state index < -0.39 is 0 Å². The Balaban J connectivity index is 2.52. The van der Waals surface area contributed by atoms with Crippen LogP contribution in [-0.4, -0.2) is 4.98 Å². The molecule has 0 atom stereocenters. The largest absolute Gasteiger partial charge is 0.441 e. The number of nitrogens with zero attached hydrogens (tertiary/aromatic N) is 1. The van der Waals surface area contributed by atoms with Gasteiger partial charge in [-0.3, -0.25) is 0 Å². The normalized spacial score (nSPS) is 10.3. The number of rotatable bonds is 1. The highest BCUT2D eigenvalue weighted by molar-refractivity contribution is 5.53. The van der Waals surface area contributed by atoms with Crippen molar-refractivity contribution in [3.8, 4) is 11.5 Å². The summed E-state index contributed by atoms with van der Waals surface area (Å²) < 4.78 is 18.3. The highest BCUT2D eigenvalue weighted by Gasteiger charge is 2.08. The first-order valence-electron chi connectivity index (χ1n) is 3.80. The fourth-order valence-corrected chi connectivity index (χ4v) is 1.07. The molecule has 13 heavy (non-hydrogen) atoms. The first-order chi connectivity index (χ1) is 6.27. The Bertz CT molecular complexity index is 422. The Morgan fingerprint density at radius 3 is 2.69 bits per heavy atom. The quantitative estimate of drug-likeness (QED) is 0.667. The lowest BCUT2D eigenvalue weighted by Gasteiger charge is -1.95. The molecular weight excluding hydrogens is 169 g/mol. The van der Waals surface area contributed by atoms with Crippen molar-refractivity contribution in [2.24, 2.45) is 0 Å². The van der Waals surface area contributed by atoms with Crippen molar-refractivity contribution in [1.29, 1.82) is 0 Å². The predicted octanol–water partition coefficient (Wildman–Crippen LogP) is 2.66. The molecule has 1 aromatic heterocycles. The zero-order valence-electron chi connectivity index (χ0n) is 6.83. The summed E-state index contributed by atoms with van der Waals surface area (Å²) in [7, 11) is 0. The number of benzene rings is 1. The van der Waals surface area contributed by atoms with Crippen LogP contribution in [0, 0.1) is 12.7 Å². The Labute approximate surface area is 75.0 Å². The van der Waals surface area contributed by atoms with Crippen LogP contribution in [0.4, 0.5) is 4.39 Å². The Morgan fingerprint density at radius 1 is 1.31 bits per heavy atom. The van der Waals surface area contributed by atoms with E-state index in [1.165, 1.54) is 12.3 Å². The van der Waals surface area contributed by atoms with Crippen LogP contribution in [0.5, 0.6) is 0 Å². The number of hydrogen-bond acceptors (Lipinski definition) is 2. The van der Waals surface area contributed by atoms with Crippen molar-refractivity contribution < 1.29 is 8.81 Å². The van der Waals surface area contributed by atoms with Gasteiger partial charge in [-0.15, -0.1) is 0 Å². The average molecular weight is 176 g/mol. The minimum absolute atomic E-state index is 0.267. The molecule has 0 amide bonds. The van der Waals surface area contributed by atoms with Gasteiger partial charge in [0.25, 0.3) is 0 Å². The number of aromatic nitrogens is 1. The lowest BCUT2D eigenvalue weighted by Crippen LogP contribution is -1.82. The molecule has 0 unspecified atom stereocenters. The van der Waals surface area contributed by atoms with Crippen LogP contribution in [0.25, 0.3) is 11.5 Å². The van der Waals surface area contributed by atoms with E-state index in [9.17, 15) is 4.39 Å². The highest BCUT2D eigenvalue weighted by Crippen LogP contribution is 2.21. The van der Waals surface area contributed by atoms with Crippen molar-refractivity contribution in [3.63, 3.8) is 0 Å². The van der Waals surface area contributed by atoms with Gasteiger partial charge in [0.05, 0.1) is 11.8 Å². The zero-order valence-corrected chi connectivity index (χ0v) is 6.83. The van der Waals surface area contributed by atoms with Gasteiger partial charge in [-0.05, 0) is 12.1 Å². The topological polar surface area (TPSA) is 26.0 Å². The molecule has 65 valence electrons. The van der Waals surface area contributed by atoms with Crippen LogP contribution >= 0.6 is 0 Å². The third kappa shape index (κ3) is 1.45. The molecule has 0 saturated heterocycles. The summed E-state index contributed by atoms with van der Waals surface area (Å²) >= 11 is 0. The number of hydrogen-bond donors (Lipinski definition) is 0. The Hall–Kier alpha value is -1.64. The SMILES string of the molecule is [CH2]c1cnc(-c2ccccc2F)o1. The molecule has 0 saturated carbocycles. The molecule has 1 aromatic carbocycles. The molecule has 3 heteroatoms.